The molecule has 204 valence electrons. The van der Waals surface area contributed by atoms with Crippen LogP contribution < -0.4 is 10.6 Å². The normalized spacial score (nSPS) is 13.5. The van der Waals surface area contributed by atoms with E-state index in [9.17, 15) is 18.8 Å². The third kappa shape index (κ3) is 7.01. The first-order valence-corrected chi connectivity index (χ1v) is 12.7. The molecule has 2 N–H and O–H groups in total. The molecule has 2 amide bonds. The fourth-order valence-electron chi connectivity index (χ4n) is 4.09. The van der Waals surface area contributed by atoms with E-state index >= 15 is 0 Å². The second-order valence-corrected chi connectivity index (χ2v) is 9.35. The van der Waals surface area contributed by atoms with Crippen molar-refractivity contribution in [2.75, 3.05) is 30.8 Å². The highest BCUT2D eigenvalue weighted by Gasteiger charge is 2.24. The van der Waals surface area contributed by atoms with Crippen molar-refractivity contribution in [3.63, 3.8) is 0 Å². The third-order valence-electron chi connectivity index (χ3n) is 6.28. The van der Waals surface area contributed by atoms with E-state index in [1.807, 2.05) is 4.90 Å². The number of terminal acetylenes is 1. The van der Waals surface area contributed by atoms with Crippen LogP contribution in [0.5, 0.6) is 0 Å². The molecule has 0 atom stereocenters. The lowest BCUT2D eigenvalue weighted by atomic mass is 9.97. The summed E-state index contributed by atoms with van der Waals surface area (Å²) in [5.41, 5.74) is 0.697. The summed E-state index contributed by atoms with van der Waals surface area (Å²) in [5.74, 6) is 0.215. The molecule has 2 aromatic carbocycles. The summed E-state index contributed by atoms with van der Waals surface area (Å²) in [6.07, 6.45) is 9.74. The average molecular weight is 562 g/mol. The molecule has 0 bridgehead atoms. The van der Waals surface area contributed by atoms with E-state index in [1.165, 1.54) is 43.6 Å². The number of anilines is 2. The van der Waals surface area contributed by atoms with Gasteiger partial charge in [-0.3, -0.25) is 14.4 Å². The Hall–Kier alpha value is -4.75. The fourth-order valence-corrected chi connectivity index (χ4v) is 4.20. The van der Waals surface area contributed by atoms with Crippen LogP contribution in [0.2, 0.25) is 5.02 Å². The number of aromatic nitrogens is 1. The van der Waals surface area contributed by atoms with Crippen molar-refractivity contribution in [1.29, 1.82) is 0 Å². The molecule has 1 saturated heterocycles. The Bertz CT molecular complexity index is 1500. The number of esters is 1. The van der Waals surface area contributed by atoms with E-state index in [2.05, 4.69) is 26.5 Å². The summed E-state index contributed by atoms with van der Waals surface area (Å²) in [5, 5.41) is 5.60. The van der Waals surface area contributed by atoms with E-state index in [4.69, 9.17) is 22.8 Å². The van der Waals surface area contributed by atoms with E-state index < -0.39 is 17.6 Å². The van der Waals surface area contributed by atoms with E-state index in [0.29, 0.717) is 42.2 Å². The molecule has 2 heterocycles. The number of nitrogens with zero attached hydrogens (tertiary/aromatic N) is 3. The van der Waals surface area contributed by atoms with Crippen LogP contribution in [0.3, 0.4) is 0 Å². The van der Waals surface area contributed by atoms with Crippen LogP contribution in [0.4, 0.5) is 21.6 Å². The van der Waals surface area contributed by atoms with Gasteiger partial charge in [-0.2, -0.15) is 0 Å². The zero-order valence-electron chi connectivity index (χ0n) is 21.5. The van der Waals surface area contributed by atoms with Crippen LogP contribution in [0, 0.1) is 24.1 Å². The maximum atomic E-state index is 14.9. The molecule has 40 heavy (non-hydrogen) atoms. The van der Waals surface area contributed by atoms with Gasteiger partial charge in [-0.05, 0) is 55.3 Å². The largest absolute Gasteiger partial charge is 0.469 e. The van der Waals surface area contributed by atoms with Gasteiger partial charge in [-0.15, -0.1) is 6.42 Å². The Balaban J connectivity index is 1.45. The molecule has 0 aliphatic carbocycles. The van der Waals surface area contributed by atoms with E-state index in [0.717, 1.165) is 6.07 Å². The van der Waals surface area contributed by atoms with Crippen molar-refractivity contribution in [2.45, 2.75) is 12.8 Å². The number of pyridine rings is 1. The standard InChI is InChI=1S/C29H25ClFN5O4/c1-3-18-4-8-25(23(14-18)28(38)35-26-9-5-20(30)16-32-26)34-27(37)22-7-6-21(15-24(22)31)33-17-36-12-10-19(11-13-36)29(39)40-2/h1,4-9,14-17,19H,10-13H2,2H3,(H,34,37)(H,32,35,38). The highest BCUT2D eigenvalue weighted by molar-refractivity contribution is 6.30. The molecule has 0 radical (unpaired) electrons. The number of hydrogen-bond acceptors (Lipinski definition) is 6. The molecular formula is C29H25ClFN5O4. The summed E-state index contributed by atoms with van der Waals surface area (Å²) in [6, 6.07) is 11.5. The number of methoxy groups -OCH3 is 1. The maximum Gasteiger partial charge on any atom is 0.308 e. The first kappa shape index (κ1) is 28.3. The molecule has 1 aliphatic heterocycles. The zero-order chi connectivity index (χ0) is 28.6. The molecule has 0 spiro atoms. The Morgan fingerprint density at radius 3 is 2.50 bits per heavy atom. The number of hydrogen-bond donors (Lipinski definition) is 2. The number of nitrogens with one attached hydrogen (secondary N) is 2. The number of halogens is 2. The third-order valence-corrected chi connectivity index (χ3v) is 6.50. The van der Waals surface area contributed by atoms with E-state index in [-0.39, 0.29) is 34.5 Å². The van der Waals surface area contributed by atoms with Crippen LogP contribution in [0.25, 0.3) is 0 Å². The SMILES string of the molecule is C#Cc1ccc(NC(=O)c2ccc(N=CN3CCC(C(=O)OC)CC3)cc2F)c(C(=O)Nc2ccc(Cl)cn2)c1. The molecule has 1 aromatic heterocycles. The lowest BCUT2D eigenvalue weighted by molar-refractivity contribution is -0.146. The number of carbonyl (C=O) groups excluding carboxylic acids is 3. The first-order valence-electron chi connectivity index (χ1n) is 12.3. The Kier molecular flexibility index (Phi) is 9.09. The number of rotatable bonds is 7. The second kappa shape index (κ2) is 12.9. The highest BCUT2D eigenvalue weighted by atomic mass is 35.5. The molecule has 1 fully saturated rings. The van der Waals surface area contributed by atoms with E-state index in [1.54, 1.807) is 18.5 Å². The van der Waals surface area contributed by atoms with Crippen molar-refractivity contribution in [2.24, 2.45) is 10.9 Å². The minimum Gasteiger partial charge on any atom is -0.469 e. The monoisotopic (exact) mass is 561 g/mol. The van der Waals surface area contributed by atoms with Gasteiger partial charge < -0.3 is 20.3 Å². The quantitative estimate of drug-likeness (QED) is 0.183. The van der Waals surface area contributed by atoms with Gasteiger partial charge in [0.25, 0.3) is 11.8 Å². The molecule has 9 nitrogen and oxygen atoms in total. The van der Waals surface area contributed by atoms with Gasteiger partial charge in [0.15, 0.2) is 0 Å². The Morgan fingerprint density at radius 1 is 1.10 bits per heavy atom. The number of piperidine rings is 1. The predicted molar refractivity (Wildman–Crippen MR) is 150 cm³/mol. The predicted octanol–water partition coefficient (Wildman–Crippen LogP) is 4.90. The van der Waals surface area contributed by atoms with Crippen LogP contribution in [-0.4, -0.2) is 54.2 Å². The van der Waals surface area contributed by atoms with Gasteiger partial charge >= 0.3 is 5.97 Å². The van der Waals surface area contributed by atoms with Gasteiger partial charge in [-0.1, -0.05) is 17.5 Å². The number of carbonyl (C=O) groups is 3. The summed E-state index contributed by atoms with van der Waals surface area (Å²) in [6.45, 7) is 1.24. The number of benzene rings is 2. The molecular weight excluding hydrogens is 537 g/mol. The van der Waals surface area contributed by atoms with Crippen molar-refractivity contribution in [3.05, 3.63) is 82.3 Å². The minimum absolute atomic E-state index is 0.0677. The Morgan fingerprint density at radius 2 is 1.85 bits per heavy atom. The van der Waals surface area contributed by atoms with Gasteiger partial charge in [-0.25, -0.2) is 14.4 Å². The van der Waals surface area contributed by atoms with Crippen LogP contribution in [0.15, 0.2) is 59.7 Å². The lowest BCUT2D eigenvalue weighted by Crippen LogP contribution is -2.35. The molecule has 1 aliphatic rings. The van der Waals surface area contributed by atoms with Crippen molar-refractivity contribution in [1.82, 2.24) is 9.88 Å². The van der Waals surface area contributed by atoms with Crippen LogP contribution in [-0.2, 0) is 9.53 Å². The number of ether oxygens (including phenoxy) is 1. The first-order chi connectivity index (χ1) is 19.3. The Labute approximate surface area is 235 Å². The average Bonchev–Trinajstić information content (AvgIpc) is 2.97. The number of aliphatic imine (C=N–C) groups is 1. The number of amides is 2. The van der Waals surface area contributed by atoms with Crippen molar-refractivity contribution in [3.8, 4) is 12.3 Å². The van der Waals surface area contributed by atoms with Crippen molar-refractivity contribution >= 4 is 52.9 Å². The zero-order valence-corrected chi connectivity index (χ0v) is 22.2. The number of likely N-dealkylation sites (tertiary alicyclic amines) is 1. The molecule has 11 heteroatoms. The second-order valence-electron chi connectivity index (χ2n) is 8.92. The van der Waals surface area contributed by atoms with Gasteiger partial charge in [0.05, 0.1) is 46.9 Å². The van der Waals surface area contributed by atoms with Gasteiger partial charge in [0.2, 0.25) is 0 Å². The van der Waals surface area contributed by atoms with Crippen molar-refractivity contribution < 1.29 is 23.5 Å². The van der Waals surface area contributed by atoms with Crippen LogP contribution in [0.1, 0.15) is 39.1 Å². The molecule has 3 aromatic rings. The van der Waals surface area contributed by atoms with Gasteiger partial charge in [0.1, 0.15) is 11.6 Å². The summed E-state index contributed by atoms with van der Waals surface area (Å²) in [4.78, 5) is 47.9. The lowest BCUT2D eigenvalue weighted by Gasteiger charge is -2.28. The highest BCUT2D eigenvalue weighted by Crippen LogP contribution is 2.23. The fraction of sp³-hybridized carbons (Fsp3) is 0.207. The van der Waals surface area contributed by atoms with Gasteiger partial charge in [0, 0.05) is 30.9 Å². The maximum absolute atomic E-state index is 14.9. The smallest absolute Gasteiger partial charge is 0.308 e. The topological polar surface area (TPSA) is 113 Å². The molecule has 0 saturated carbocycles. The summed E-state index contributed by atoms with van der Waals surface area (Å²) in [7, 11) is 1.37. The minimum atomic E-state index is -0.784. The summed E-state index contributed by atoms with van der Waals surface area (Å²) >= 11 is 5.84. The molecule has 0 unspecified atom stereocenters. The van der Waals surface area contributed by atoms with Crippen LogP contribution >= 0.6 is 11.6 Å². The summed E-state index contributed by atoms with van der Waals surface area (Å²) < 4.78 is 19.7. The molecule has 4 rings (SSSR count).